The van der Waals surface area contributed by atoms with Gasteiger partial charge < -0.3 is 4.74 Å². The van der Waals surface area contributed by atoms with E-state index in [1.807, 2.05) is 6.07 Å². The van der Waals surface area contributed by atoms with Crippen molar-refractivity contribution in [1.82, 2.24) is 0 Å². The van der Waals surface area contributed by atoms with Crippen molar-refractivity contribution in [3.8, 4) is 5.75 Å². The maximum atomic E-state index is 5.62. The van der Waals surface area contributed by atoms with Crippen LogP contribution < -0.4 is 4.74 Å². The largest absolute Gasteiger partial charge is 0.493 e. The Hall–Kier alpha value is -0.630. The molecule has 0 saturated carbocycles. The SMILES string of the molecule is CSCCOc1cccc(C(C)C)c1. The zero-order valence-electron chi connectivity index (χ0n) is 9.12. The molecule has 1 rings (SSSR count). The van der Waals surface area contributed by atoms with Crippen molar-refractivity contribution in [2.75, 3.05) is 18.6 Å². The third-order valence-corrected chi connectivity index (χ3v) is 2.66. The molecule has 0 unspecified atom stereocenters. The molecule has 0 aliphatic carbocycles. The lowest BCUT2D eigenvalue weighted by Crippen LogP contribution is -2.00. The predicted molar refractivity (Wildman–Crippen MR) is 64.4 cm³/mol. The lowest BCUT2D eigenvalue weighted by atomic mass is 10.0. The number of ether oxygens (including phenoxy) is 1. The molecule has 0 saturated heterocycles. The van der Waals surface area contributed by atoms with E-state index in [1.165, 1.54) is 5.56 Å². The lowest BCUT2D eigenvalue weighted by molar-refractivity contribution is 0.343. The van der Waals surface area contributed by atoms with E-state index >= 15 is 0 Å². The van der Waals surface area contributed by atoms with Crippen molar-refractivity contribution in [3.63, 3.8) is 0 Å². The fraction of sp³-hybridized carbons (Fsp3) is 0.500. The van der Waals surface area contributed by atoms with Gasteiger partial charge in [-0.05, 0) is 29.9 Å². The van der Waals surface area contributed by atoms with Crippen LogP contribution in [0.3, 0.4) is 0 Å². The van der Waals surface area contributed by atoms with Gasteiger partial charge in [-0.2, -0.15) is 11.8 Å². The highest BCUT2D eigenvalue weighted by molar-refractivity contribution is 7.98. The second kappa shape index (κ2) is 5.97. The van der Waals surface area contributed by atoms with E-state index < -0.39 is 0 Å². The van der Waals surface area contributed by atoms with Crippen LogP contribution in [0.1, 0.15) is 25.3 Å². The van der Waals surface area contributed by atoms with E-state index in [-0.39, 0.29) is 0 Å². The molecule has 0 aliphatic rings. The van der Waals surface area contributed by atoms with Crippen molar-refractivity contribution in [3.05, 3.63) is 29.8 Å². The Morgan fingerprint density at radius 3 is 2.79 bits per heavy atom. The van der Waals surface area contributed by atoms with Crippen molar-refractivity contribution in [1.29, 1.82) is 0 Å². The second-order valence-electron chi connectivity index (χ2n) is 3.57. The van der Waals surface area contributed by atoms with E-state index in [0.717, 1.165) is 18.1 Å². The highest BCUT2D eigenvalue weighted by atomic mass is 32.2. The minimum Gasteiger partial charge on any atom is -0.493 e. The van der Waals surface area contributed by atoms with Gasteiger partial charge in [0.15, 0.2) is 0 Å². The molecule has 1 aromatic carbocycles. The van der Waals surface area contributed by atoms with Crippen molar-refractivity contribution in [2.45, 2.75) is 19.8 Å². The molecule has 0 N–H and O–H groups in total. The Balaban J connectivity index is 2.55. The van der Waals surface area contributed by atoms with Crippen LogP contribution in [0, 0.1) is 0 Å². The van der Waals surface area contributed by atoms with Crippen LogP contribution in [0.25, 0.3) is 0 Å². The summed E-state index contributed by atoms with van der Waals surface area (Å²) in [5.41, 5.74) is 1.34. The Bertz CT molecular complexity index is 271. The first-order chi connectivity index (χ1) is 6.74. The van der Waals surface area contributed by atoms with E-state index in [2.05, 4.69) is 38.3 Å². The average Bonchev–Trinajstić information content (AvgIpc) is 2.19. The van der Waals surface area contributed by atoms with E-state index in [0.29, 0.717) is 5.92 Å². The van der Waals surface area contributed by atoms with Crippen molar-refractivity contribution >= 4 is 11.8 Å². The average molecular weight is 210 g/mol. The van der Waals surface area contributed by atoms with Crippen LogP contribution in [0.2, 0.25) is 0 Å². The summed E-state index contributed by atoms with van der Waals surface area (Å²) >= 11 is 1.81. The van der Waals surface area contributed by atoms with Crippen LogP contribution in [0.15, 0.2) is 24.3 Å². The molecule has 0 spiro atoms. The topological polar surface area (TPSA) is 9.23 Å². The molecule has 0 aromatic heterocycles. The fourth-order valence-corrected chi connectivity index (χ4v) is 1.46. The molecule has 78 valence electrons. The minimum atomic E-state index is 0.569. The highest BCUT2D eigenvalue weighted by Gasteiger charge is 2.00. The van der Waals surface area contributed by atoms with Gasteiger partial charge in [0.1, 0.15) is 5.75 Å². The summed E-state index contributed by atoms with van der Waals surface area (Å²) in [7, 11) is 0. The minimum absolute atomic E-state index is 0.569. The van der Waals surface area contributed by atoms with E-state index in [4.69, 9.17) is 4.74 Å². The monoisotopic (exact) mass is 210 g/mol. The Morgan fingerprint density at radius 1 is 1.36 bits per heavy atom. The van der Waals surface area contributed by atoms with Gasteiger partial charge in [-0.25, -0.2) is 0 Å². The molecule has 0 atom stereocenters. The first kappa shape index (κ1) is 11.4. The summed E-state index contributed by atoms with van der Waals surface area (Å²) in [5.74, 6) is 2.61. The molecule has 0 bridgehead atoms. The third kappa shape index (κ3) is 3.62. The van der Waals surface area contributed by atoms with Gasteiger partial charge in [-0.3, -0.25) is 0 Å². The standard InChI is InChI=1S/C12H18OS/c1-10(2)11-5-4-6-12(9-11)13-7-8-14-3/h4-6,9-10H,7-8H2,1-3H3. The smallest absolute Gasteiger partial charge is 0.119 e. The molecule has 0 amide bonds. The maximum Gasteiger partial charge on any atom is 0.119 e. The first-order valence-corrected chi connectivity index (χ1v) is 6.35. The van der Waals surface area contributed by atoms with Crippen LogP contribution in [-0.4, -0.2) is 18.6 Å². The first-order valence-electron chi connectivity index (χ1n) is 4.95. The normalized spacial score (nSPS) is 10.6. The van der Waals surface area contributed by atoms with E-state index in [1.54, 1.807) is 11.8 Å². The van der Waals surface area contributed by atoms with Gasteiger partial charge in [-0.1, -0.05) is 26.0 Å². The number of benzene rings is 1. The highest BCUT2D eigenvalue weighted by Crippen LogP contribution is 2.20. The van der Waals surface area contributed by atoms with Gasteiger partial charge in [-0.15, -0.1) is 0 Å². The molecule has 0 aliphatic heterocycles. The maximum absolute atomic E-state index is 5.62. The number of thioether (sulfide) groups is 1. The molecule has 1 aromatic rings. The molecule has 2 heteroatoms. The van der Waals surface area contributed by atoms with Crippen LogP contribution in [-0.2, 0) is 0 Å². The molecule has 0 heterocycles. The lowest BCUT2D eigenvalue weighted by Gasteiger charge is -2.09. The van der Waals surface area contributed by atoms with E-state index in [9.17, 15) is 0 Å². The molecular weight excluding hydrogens is 192 g/mol. The predicted octanol–water partition coefficient (Wildman–Crippen LogP) is 3.55. The van der Waals surface area contributed by atoms with Crippen molar-refractivity contribution in [2.24, 2.45) is 0 Å². The Labute approximate surface area is 90.9 Å². The molecule has 0 radical (unpaired) electrons. The summed E-state index contributed by atoms with van der Waals surface area (Å²) in [6.07, 6.45) is 2.09. The van der Waals surface area contributed by atoms with Gasteiger partial charge in [0.05, 0.1) is 6.61 Å². The van der Waals surface area contributed by atoms with Gasteiger partial charge >= 0.3 is 0 Å². The zero-order valence-corrected chi connectivity index (χ0v) is 9.93. The summed E-state index contributed by atoms with van der Waals surface area (Å²) in [6.45, 7) is 5.19. The zero-order chi connectivity index (χ0) is 10.4. The summed E-state index contributed by atoms with van der Waals surface area (Å²) in [5, 5.41) is 0. The second-order valence-corrected chi connectivity index (χ2v) is 4.55. The number of rotatable bonds is 5. The molecule has 1 nitrogen and oxygen atoms in total. The Morgan fingerprint density at radius 2 is 2.14 bits per heavy atom. The van der Waals surface area contributed by atoms with Crippen molar-refractivity contribution < 1.29 is 4.74 Å². The van der Waals surface area contributed by atoms with Gasteiger partial charge in [0, 0.05) is 5.75 Å². The summed E-state index contributed by atoms with van der Waals surface area (Å²) in [4.78, 5) is 0. The quantitative estimate of drug-likeness (QED) is 0.687. The van der Waals surface area contributed by atoms with Crippen LogP contribution >= 0.6 is 11.8 Å². The third-order valence-electron chi connectivity index (χ3n) is 2.08. The Kier molecular flexibility index (Phi) is 4.88. The fourth-order valence-electron chi connectivity index (χ4n) is 1.21. The molecule has 14 heavy (non-hydrogen) atoms. The number of hydrogen-bond donors (Lipinski definition) is 0. The van der Waals surface area contributed by atoms with Gasteiger partial charge in [0.2, 0.25) is 0 Å². The van der Waals surface area contributed by atoms with Crippen LogP contribution in [0.5, 0.6) is 5.75 Å². The number of hydrogen-bond acceptors (Lipinski definition) is 2. The van der Waals surface area contributed by atoms with Crippen LogP contribution in [0.4, 0.5) is 0 Å². The molecule has 0 fully saturated rings. The van der Waals surface area contributed by atoms with Gasteiger partial charge in [0.25, 0.3) is 0 Å². The summed E-state index contributed by atoms with van der Waals surface area (Å²) < 4.78 is 5.62. The summed E-state index contributed by atoms with van der Waals surface area (Å²) in [6, 6.07) is 8.35. The molecular formula is C12H18OS.